The van der Waals surface area contributed by atoms with E-state index in [4.69, 9.17) is 0 Å². The molecule has 5 heteroatoms. The lowest BCUT2D eigenvalue weighted by molar-refractivity contribution is -0.124. The van der Waals surface area contributed by atoms with E-state index >= 15 is 0 Å². The molecule has 2 unspecified atom stereocenters. The van der Waals surface area contributed by atoms with Crippen LogP contribution < -0.4 is 10.6 Å². The SMILES string of the molecule is Cc1nc(CCNC(=O)C2CC(C)CCN2)cs1. The first kappa shape index (κ1) is 13.5. The van der Waals surface area contributed by atoms with Crippen LogP contribution in [0.2, 0.25) is 0 Å². The van der Waals surface area contributed by atoms with E-state index in [0.717, 1.165) is 30.1 Å². The minimum absolute atomic E-state index is 0.00841. The lowest BCUT2D eigenvalue weighted by atomic mass is 9.94. The van der Waals surface area contributed by atoms with Gasteiger partial charge in [0.25, 0.3) is 0 Å². The van der Waals surface area contributed by atoms with E-state index in [1.54, 1.807) is 11.3 Å². The molecule has 2 atom stereocenters. The number of hydrogen-bond acceptors (Lipinski definition) is 4. The minimum Gasteiger partial charge on any atom is -0.354 e. The van der Waals surface area contributed by atoms with Crippen LogP contribution >= 0.6 is 11.3 Å². The molecule has 1 saturated heterocycles. The Hall–Kier alpha value is -0.940. The molecule has 1 aromatic rings. The molecular formula is C13H21N3OS. The molecule has 1 aliphatic heterocycles. The molecule has 0 radical (unpaired) electrons. The van der Waals surface area contributed by atoms with Crippen molar-refractivity contribution in [1.82, 2.24) is 15.6 Å². The summed E-state index contributed by atoms with van der Waals surface area (Å²) in [5.41, 5.74) is 1.07. The van der Waals surface area contributed by atoms with E-state index in [2.05, 4.69) is 27.9 Å². The summed E-state index contributed by atoms with van der Waals surface area (Å²) in [6, 6.07) is -0.00841. The van der Waals surface area contributed by atoms with Gasteiger partial charge < -0.3 is 10.6 Å². The predicted molar refractivity (Wildman–Crippen MR) is 73.8 cm³/mol. The summed E-state index contributed by atoms with van der Waals surface area (Å²) in [5.74, 6) is 0.775. The zero-order valence-electron chi connectivity index (χ0n) is 11.0. The average molecular weight is 267 g/mol. The topological polar surface area (TPSA) is 54.0 Å². The Labute approximate surface area is 112 Å². The third kappa shape index (κ3) is 3.78. The zero-order valence-corrected chi connectivity index (χ0v) is 11.8. The third-order valence-corrected chi connectivity index (χ3v) is 4.15. The van der Waals surface area contributed by atoms with Crippen molar-refractivity contribution < 1.29 is 4.79 Å². The first-order chi connectivity index (χ1) is 8.65. The summed E-state index contributed by atoms with van der Waals surface area (Å²) in [7, 11) is 0. The lowest BCUT2D eigenvalue weighted by Crippen LogP contribution is -2.48. The zero-order chi connectivity index (χ0) is 13.0. The van der Waals surface area contributed by atoms with Crippen LogP contribution in [0.1, 0.15) is 30.5 Å². The van der Waals surface area contributed by atoms with Crippen LogP contribution in [-0.4, -0.2) is 30.0 Å². The van der Waals surface area contributed by atoms with Gasteiger partial charge in [-0.15, -0.1) is 11.3 Å². The van der Waals surface area contributed by atoms with Gasteiger partial charge in [-0.05, 0) is 32.2 Å². The van der Waals surface area contributed by atoms with Gasteiger partial charge in [-0.3, -0.25) is 4.79 Å². The fourth-order valence-corrected chi connectivity index (χ4v) is 2.91. The van der Waals surface area contributed by atoms with E-state index in [1.165, 1.54) is 6.42 Å². The van der Waals surface area contributed by atoms with Crippen LogP contribution in [-0.2, 0) is 11.2 Å². The molecule has 1 fully saturated rings. The van der Waals surface area contributed by atoms with E-state index < -0.39 is 0 Å². The highest BCUT2D eigenvalue weighted by Crippen LogP contribution is 2.15. The van der Waals surface area contributed by atoms with Gasteiger partial charge in [0.05, 0.1) is 16.7 Å². The number of carbonyl (C=O) groups is 1. The van der Waals surface area contributed by atoms with Gasteiger partial charge in [-0.25, -0.2) is 4.98 Å². The van der Waals surface area contributed by atoms with Gasteiger partial charge in [0.2, 0.25) is 5.91 Å². The summed E-state index contributed by atoms with van der Waals surface area (Å²) in [4.78, 5) is 16.3. The molecule has 1 amide bonds. The number of thiazole rings is 1. The predicted octanol–water partition coefficient (Wildman–Crippen LogP) is 1.50. The van der Waals surface area contributed by atoms with Crippen molar-refractivity contribution in [3.63, 3.8) is 0 Å². The Morgan fingerprint density at radius 2 is 2.50 bits per heavy atom. The van der Waals surface area contributed by atoms with E-state index in [9.17, 15) is 4.79 Å². The number of aromatic nitrogens is 1. The van der Waals surface area contributed by atoms with Crippen LogP contribution in [0, 0.1) is 12.8 Å². The molecule has 100 valence electrons. The normalized spacial score (nSPS) is 23.9. The largest absolute Gasteiger partial charge is 0.354 e. The number of aryl methyl sites for hydroxylation is 1. The van der Waals surface area contributed by atoms with Gasteiger partial charge in [0.1, 0.15) is 0 Å². The van der Waals surface area contributed by atoms with Crippen LogP contribution in [0.5, 0.6) is 0 Å². The molecule has 2 N–H and O–H groups in total. The Balaban J connectivity index is 1.71. The van der Waals surface area contributed by atoms with Crippen molar-refractivity contribution >= 4 is 17.2 Å². The summed E-state index contributed by atoms with van der Waals surface area (Å²) < 4.78 is 0. The summed E-state index contributed by atoms with van der Waals surface area (Å²) in [6.45, 7) is 5.83. The van der Waals surface area contributed by atoms with E-state index in [0.29, 0.717) is 12.5 Å². The molecule has 0 spiro atoms. The Morgan fingerprint density at radius 3 is 3.17 bits per heavy atom. The highest BCUT2D eigenvalue weighted by molar-refractivity contribution is 7.09. The maximum atomic E-state index is 11.9. The Bertz CT molecular complexity index is 405. The van der Waals surface area contributed by atoms with Crippen LogP contribution in [0.3, 0.4) is 0 Å². The Morgan fingerprint density at radius 1 is 1.67 bits per heavy atom. The van der Waals surface area contributed by atoms with Gasteiger partial charge >= 0.3 is 0 Å². The van der Waals surface area contributed by atoms with Crippen LogP contribution in [0.25, 0.3) is 0 Å². The number of piperidine rings is 1. The molecule has 0 aromatic carbocycles. The lowest BCUT2D eigenvalue weighted by Gasteiger charge is -2.27. The van der Waals surface area contributed by atoms with Gasteiger partial charge in [-0.2, -0.15) is 0 Å². The van der Waals surface area contributed by atoms with E-state index in [1.807, 2.05) is 6.92 Å². The maximum Gasteiger partial charge on any atom is 0.237 e. The number of hydrogen-bond donors (Lipinski definition) is 2. The van der Waals surface area contributed by atoms with Crippen LogP contribution in [0.15, 0.2) is 5.38 Å². The van der Waals surface area contributed by atoms with Crippen molar-refractivity contribution in [2.24, 2.45) is 5.92 Å². The summed E-state index contributed by atoms with van der Waals surface area (Å²) >= 11 is 1.66. The quantitative estimate of drug-likeness (QED) is 0.869. The van der Waals surface area contributed by atoms with Gasteiger partial charge in [-0.1, -0.05) is 6.92 Å². The smallest absolute Gasteiger partial charge is 0.237 e. The van der Waals surface area contributed by atoms with Crippen molar-refractivity contribution in [3.8, 4) is 0 Å². The highest BCUT2D eigenvalue weighted by atomic mass is 32.1. The molecule has 1 aromatic heterocycles. The number of nitrogens with zero attached hydrogens (tertiary/aromatic N) is 1. The van der Waals surface area contributed by atoms with Crippen molar-refractivity contribution in [2.45, 2.75) is 39.2 Å². The van der Waals surface area contributed by atoms with Crippen molar-refractivity contribution in [1.29, 1.82) is 0 Å². The number of carbonyl (C=O) groups excluding carboxylic acids is 1. The molecular weight excluding hydrogens is 246 g/mol. The number of amides is 1. The van der Waals surface area contributed by atoms with Gasteiger partial charge in [0, 0.05) is 18.3 Å². The highest BCUT2D eigenvalue weighted by Gasteiger charge is 2.23. The first-order valence-corrected chi connectivity index (χ1v) is 7.45. The fourth-order valence-electron chi connectivity index (χ4n) is 2.27. The second kappa shape index (κ2) is 6.29. The molecule has 4 nitrogen and oxygen atoms in total. The molecule has 2 heterocycles. The minimum atomic E-state index is -0.00841. The van der Waals surface area contributed by atoms with E-state index in [-0.39, 0.29) is 11.9 Å². The van der Waals surface area contributed by atoms with Crippen molar-refractivity contribution in [2.75, 3.05) is 13.1 Å². The van der Waals surface area contributed by atoms with Gasteiger partial charge in [0.15, 0.2) is 0 Å². The Kier molecular flexibility index (Phi) is 4.72. The molecule has 18 heavy (non-hydrogen) atoms. The number of rotatable bonds is 4. The maximum absolute atomic E-state index is 11.9. The average Bonchev–Trinajstić information content (AvgIpc) is 2.75. The van der Waals surface area contributed by atoms with Crippen molar-refractivity contribution in [3.05, 3.63) is 16.1 Å². The summed E-state index contributed by atoms with van der Waals surface area (Å²) in [6.07, 6.45) is 2.93. The summed E-state index contributed by atoms with van der Waals surface area (Å²) in [5, 5.41) is 9.41. The second-order valence-electron chi connectivity index (χ2n) is 5.04. The standard InChI is InChI=1S/C13H21N3OS/c1-9-3-5-14-12(7-9)13(17)15-6-4-11-8-18-10(2)16-11/h8-9,12,14H,3-7H2,1-2H3,(H,15,17). The molecule has 1 aliphatic rings. The molecule has 0 saturated carbocycles. The molecule has 0 aliphatic carbocycles. The number of nitrogens with one attached hydrogen (secondary N) is 2. The fraction of sp³-hybridized carbons (Fsp3) is 0.692. The molecule has 0 bridgehead atoms. The molecule has 2 rings (SSSR count). The third-order valence-electron chi connectivity index (χ3n) is 3.33. The van der Waals surface area contributed by atoms with Crippen LogP contribution in [0.4, 0.5) is 0 Å². The monoisotopic (exact) mass is 267 g/mol. The second-order valence-corrected chi connectivity index (χ2v) is 6.10. The first-order valence-electron chi connectivity index (χ1n) is 6.57.